The first-order valence-corrected chi connectivity index (χ1v) is 7.49. The Bertz CT molecular complexity index is 867. The van der Waals surface area contributed by atoms with Crippen LogP contribution < -0.4 is 14.8 Å². The summed E-state index contributed by atoms with van der Waals surface area (Å²) in [5.41, 5.74) is 1.75. The van der Waals surface area contributed by atoms with Gasteiger partial charge in [-0.3, -0.25) is 4.79 Å². The molecular formula is C17H17N5O3. The van der Waals surface area contributed by atoms with Gasteiger partial charge < -0.3 is 19.4 Å². The molecule has 0 unspecified atom stereocenters. The van der Waals surface area contributed by atoms with E-state index in [-0.39, 0.29) is 23.5 Å². The summed E-state index contributed by atoms with van der Waals surface area (Å²) in [5.74, 6) is 0.755. The highest BCUT2D eigenvalue weighted by Gasteiger charge is 2.13. The quantitative estimate of drug-likeness (QED) is 0.766. The number of anilines is 1. The van der Waals surface area contributed by atoms with Gasteiger partial charge in [0.25, 0.3) is 5.91 Å². The molecule has 1 N–H and O–H groups in total. The average Bonchev–Trinajstić information content (AvgIpc) is 3.07. The smallest absolute Gasteiger partial charge is 0.320 e. The number of ether oxygens (including phenoxy) is 2. The van der Waals surface area contributed by atoms with Gasteiger partial charge in [-0.25, -0.2) is 4.98 Å². The van der Waals surface area contributed by atoms with Gasteiger partial charge in [0.15, 0.2) is 0 Å². The number of amides is 1. The molecule has 0 aliphatic carbocycles. The molecule has 1 aromatic carbocycles. The minimum absolute atomic E-state index is 0.0652. The van der Waals surface area contributed by atoms with Crippen LogP contribution in [0, 0.1) is 6.92 Å². The predicted molar refractivity (Wildman–Crippen MR) is 91.4 cm³/mol. The summed E-state index contributed by atoms with van der Waals surface area (Å²) in [7, 11) is 2.88. The van der Waals surface area contributed by atoms with E-state index in [1.165, 1.54) is 20.3 Å². The fourth-order valence-electron chi connectivity index (χ4n) is 2.27. The molecule has 0 saturated heterocycles. The van der Waals surface area contributed by atoms with E-state index in [0.29, 0.717) is 5.69 Å². The van der Waals surface area contributed by atoms with E-state index >= 15 is 0 Å². The summed E-state index contributed by atoms with van der Waals surface area (Å²) >= 11 is 0. The van der Waals surface area contributed by atoms with Crippen molar-refractivity contribution >= 4 is 11.6 Å². The van der Waals surface area contributed by atoms with Crippen molar-refractivity contribution in [1.82, 2.24) is 19.5 Å². The SMILES string of the molecule is COc1cc(C(=O)Nc2ccc(-n3ccnc3C)cc2)nc(OC)n1. The van der Waals surface area contributed by atoms with E-state index in [2.05, 4.69) is 20.3 Å². The Hall–Kier alpha value is -3.42. The van der Waals surface area contributed by atoms with Crippen LogP contribution in [-0.4, -0.2) is 39.6 Å². The van der Waals surface area contributed by atoms with Crippen LogP contribution in [-0.2, 0) is 0 Å². The standard InChI is InChI=1S/C17H17N5O3/c1-11-18-8-9-22(11)13-6-4-12(5-7-13)19-16(23)14-10-15(24-2)21-17(20-14)25-3/h4-10H,1-3H3,(H,19,23). The van der Waals surface area contributed by atoms with Gasteiger partial charge >= 0.3 is 6.01 Å². The maximum absolute atomic E-state index is 12.4. The number of nitrogens with zero attached hydrogens (tertiary/aromatic N) is 4. The normalized spacial score (nSPS) is 10.4. The molecule has 0 radical (unpaired) electrons. The topological polar surface area (TPSA) is 91.2 Å². The van der Waals surface area contributed by atoms with E-state index in [1.54, 1.807) is 6.20 Å². The van der Waals surface area contributed by atoms with Crippen LogP contribution >= 0.6 is 0 Å². The molecule has 8 heteroatoms. The molecule has 0 bridgehead atoms. The molecular weight excluding hydrogens is 322 g/mol. The van der Waals surface area contributed by atoms with Crippen LogP contribution in [0.15, 0.2) is 42.7 Å². The Morgan fingerprint density at radius 1 is 1.12 bits per heavy atom. The van der Waals surface area contributed by atoms with E-state index in [0.717, 1.165) is 11.5 Å². The Morgan fingerprint density at radius 3 is 2.48 bits per heavy atom. The number of rotatable bonds is 5. The van der Waals surface area contributed by atoms with Crippen molar-refractivity contribution in [2.24, 2.45) is 0 Å². The lowest BCUT2D eigenvalue weighted by Crippen LogP contribution is -2.15. The number of aromatic nitrogens is 4. The molecule has 0 fully saturated rings. The number of benzene rings is 1. The number of carbonyl (C=O) groups excluding carboxylic acids is 1. The lowest BCUT2D eigenvalue weighted by molar-refractivity contribution is 0.102. The Balaban J connectivity index is 1.78. The summed E-state index contributed by atoms with van der Waals surface area (Å²) in [5, 5.41) is 2.78. The van der Waals surface area contributed by atoms with Crippen molar-refractivity contribution in [3.05, 3.63) is 54.2 Å². The van der Waals surface area contributed by atoms with Crippen molar-refractivity contribution < 1.29 is 14.3 Å². The van der Waals surface area contributed by atoms with Crippen molar-refractivity contribution in [3.63, 3.8) is 0 Å². The zero-order valence-corrected chi connectivity index (χ0v) is 14.1. The highest BCUT2D eigenvalue weighted by atomic mass is 16.5. The van der Waals surface area contributed by atoms with Gasteiger partial charge in [0.1, 0.15) is 11.5 Å². The number of aryl methyl sites for hydroxylation is 1. The summed E-state index contributed by atoms with van der Waals surface area (Å²) in [4.78, 5) is 24.6. The maximum Gasteiger partial charge on any atom is 0.320 e. The first kappa shape index (κ1) is 16.4. The maximum atomic E-state index is 12.4. The van der Waals surface area contributed by atoms with Crippen molar-refractivity contribution in [2.75, 3.05) is 19.5 Å². The zero-order chi connectivity index (χ0) is 17.8. The average molecular weight is 339 g/mol. The van der Waals surface area contributed by atoms with E-state index < -0.39 is 0 Å². The van der Waals surface area contributed by atoms with E-state index in [1.807, 2.05) is 42.0 Å². The summed E-state index contributed by atoms with van der Waals surface area (Å²) in [6.45, 7) is 1.92. The second-order valence-corrected chi connectivity index (χ2v) is 5.13. The van der Waals surface area contributed by atoms with Gasteiger partial charge in [-0.15, -0.1) is 0 Å². The molecule has 3 rings (SSSR count). The Kier molecular flexibility index (Phi) is 4.60. The number of imidazole rings is 1. The molecule has 25 heavy (non-hydrogen) atoms. The molecule has 1 amide bonds. The first-order valence-electron chi connectivity index (χ1n) is 7.49. The fraction of sp³-hybridized carbons (Fsp3) is 0.176. The second kappa shape index (κ2) is 7.00. The van der Waals surface area contributed by atoms with Crippen LogP contribution in [0.5, 0.6) is 11.9 Å². The molecule has 0 spiro atoms. The van der Waals surface area contributed by atoms with E-state index in [4.69, 9.17) is 9.47 Å². The number of nitrogens with one attached hydrogen (secondary N) is 1. The molecule has 2 aromatic heterocycles. The number of hydrogen-bond donors (Lipinski definition) is 1. The lowest BCUT2D eigenvalue weighted by Gasteiger charge is -2.09. The van der Waals surface area contributed by atoms with Gasteiger partial charge in [-0.1, -0.05) is 0 Å². The van der Waals surface area contributed by atoms with Crippen LogP contribution in [0.2, 0.25) is 0 Å². The van der Waals surface area contributed by atoms with E-state index in [9.17, 15) is 4.79 Å². The third-order valence-corrected chi connectivity index (χ3v) is 3.54. The van der Waals surface area contributed by atoms with Crippen molar-refractivity contribution in [2.45, 2.75) is 6.92 Å². The second-order valence-electron chi connectivity index (χ2n) is 5.13. The van der Waals surface area contributed by atoms with Crippen LogP contribution in [0.4, 0.5) is 5.69 Å². The number of carbonyl (C=O) groups is 1. The Morgan fingerprint density at radius 2 is 1.88 bits per heavy atom. The van der Waals surface area contributed by atoms with Gasteiger partial charge in [-0.05, 0) is 31.2 Å². The zero-order valence-electron chi connectivity index (χ0n) is 14.1. The fourth-order valence-corrected chi connectivity index (χ4v) is 2.27. The van der Waals surface area contributed by atoms with Gasteiger partial charge in [0.2, 0.25) is 5.88 Å². The number of hydrogen-bond acceptors (Lipinski definition) is 6. The molecule has 0 aliphatic rings. The third-order valence-electron chi connectivity index (χ3n) is 3.54. The molecule has 3 aromatic rings. The monoisotopic (exact) mass is 339 g/mol. The minimum atomic E-state index is -0.384. The minimum Gasteiger partial charge on any atom is -0.481 e. The van der Waals surface area contributed by atoms with Gasteiger partial charge in [-0.2, -0.15) is 9.97 Å². The van der Waals surface area contributed by atoms with Gasteiger partial charge in [0, 0.05) is 29.8 Å². The molecule has 0 aliphatic heterocycles. The Labute approximate surface area is 144 Å². The third kappa shape index (κ3) is 3.57. The van der Waals surface area contributed by atoms with Crippen molar-refractivity contribution in [1.29, 1.82) is 0 Å². The predicted octanol–water partition coefficient (Wildman–Crippen LogP) is 2.24. The summed E-state index contributed by atoms with van der Waals surface area (Å²) < 4.78 is 12.0. The largest absolute Gasteiger partial charge is 0.481 e. The van der Waals surface area contributed by atoms with Crippen LogP contribution in [0.3, 0.4) is 0 Å². The molecule has 0 saturated carbocycles. The van der Waals surface area contributed by atoms with Gasteiger partial charge in [0.05, 0.1) is 14.2 Å². The highest BCUT2D eigenvalue weighted by molar-refractivity contribution is 6.03. The summed E-state index contributed by atoms with van der Waals surface area (Å²) in [6, 6.07) is 8.92. The summed E-state index contributed by atoms with van der Waals surface area (Å²) in [6.07, 6.45) is 3.61. The first-order chi connectivity index (χ1) is 12.1. The molecule has 2 heterocycles. The highest BCUT2D eigenvalue weighted by Crippen LogP contribution is 2.17. The van der Waals surface area contributed by atoms with Crippen molar-refractivity contribution in [3.8, 4) is 17.6 Å². The van der Waals surface area contributed by atoms with Crippen LogP contribution in [0.1, 0.15) is 16.3 Å². The molecule has 8 nitrogen and oxygen atoms in total. The lowest BCUT2D eigenvalue weighted by atomic mass is 10.2. The molecule has 0 atom stereocenters. The van der Waals surface area contributed by atoms with Crippen LogP contribution in [0.25, 0.3) is 5.69 Å². The molecule has 128 valence electrons. The number of methoxy groups -OCH3 is 2.